The van der Waals surface area contributed by atoms with Crippen LogP contribution in [-0.4, -0.2) is 87.9 Å². The van der Waals surface area contributed by atoms with Crippen LogP contribution in [0, 0.1) is 10.5 Å². The third kappa shape index (κ3) is 17.2. The molecule has 0 saturated carbocycles. The van der Waals surface area contributed by atoms with E-state index in [1.54, 1.807) is 0 Å². The van der Waals surface area contributed by atoms with Gasteiger partial charge in [-0.05, 0) is 171 Å². The average Bonchev–Trinajstić information content (AvgIpc) is 1.60. The second-order valence-electron chi connectivity index (χ2n) is 30.6. The van der Waals surface area contributed by atoms with Crippen molar-refractivity contribution in [2.45, 2.75) is 116 Å². The predicted molar refractivity (Wildman–Crippen MR) is 464 cm³/mol. The van der Waals surface area contributed by atoms with Gasteiger partial charge in [-0.25, -0.2) is 0 Å². The zero-order chi connectivity index (χ0) is 78.6. The maximum Gasteiger partial charge on any atom is 0.309 e. The van der Waals surface area contributed by atoms with Crippen LogP contribution in [0.4, 0.5) is 22.7 Å². The van der Waals surface area contributed by atoms with Crippen molar-refractivity contribution in [2.75, 3.05) is 42.6 Å². The molecule has 14 heteroatoms. The molecule has 5 N–H and O–H groups in total. The van der Waals surface area contributed by atoms with Crippen molar-refractivity contribution in [3.8, 4) is 0 Å². The van der Waals surface area contributed by atoms with Gasteiger partial charge in [-0.2, -0.15) is 9.15 Å². The van der Waals surface area contributed by atoms with Crippen LogP contribution >= 0.6 is 22.6 Å². The van der Waals surface area contributed by atoms with Gasteiger partial charge in [0.25, 0.3) is 6.47 Å². The van der Waals surface area contributed by atoms with Gasteiger partial charge < -0.3 is 35.8 Å². The number of ether oxygens (including phenoxy) is 1. The molecule has 14 rings (SSSR count). The first-order valence-electron chi connectivity index (χ1n) is 38.1. The molecule has 0 saturated heterocycles. The van der Waals surface area contributed by atoms with Crippen molar-refractivity contribution < 1.29 is 43.3 Å². The van der Waals surface area contributed by atoms with Gasteiger partial charge in [0.05, 0.1) is 17.4 Å². The average molecular weight is 1590 g/mol. The maximum absolute atomic E-state index is 13.1. The number of aryl methyl sites for hydroxylation is 1. The van der Waals surface area contributed by atoms with Crippen LogP contribution in [0.2, 0.25) is 0 Å². The van der Waals surface area contributed by atoms with E-state index in [0.29, 0.717) is 58.8 Å². The van der Waals surface area contributed by atoms with E-state index in [2.05, 4.69) is 309 Å². The minimum atomic E-state index is -0.809. The molecule has 13 nitrogen and oxygen atoms in total. The molecule has 0 unspecified atom stereocenters. The Bertz CT molecular complexity index is 5560. The van der Waals surface area contributed by atoms with Gasteiger partial charge in [0.1, 0.15) is 19.4 Å². The van der Waals surface area contributed by atoms with Gasteiger partial charge in [0, 0.05) is 98.6 Å². The van der Waals surface area contributed by atoms with Crippen LogP contribution in [0.5, 0.6) is 0 Å². The molecule has 4 aliphatic rings. The molecule has 0 radical (unpaired) electrons. The molecule has 1 amide bonds. The summed E-state index contributed by atoms with van der Waals surface area (Å²) in [6.07, 6.45) is 29.3. The molecule has 0 aliphatic carbocycles. The molecular weight excluding hydrogens is 1490 g/mol. The number of nitrogens with two attached hydrogens (primary N) is 1. The fourth-order valence-electron chi connectivity index (χ4n) is 16.7. The minimum Gasteiger partial charge on any atom is -0.481 e. The molecule has 0 atom stereocenters. The van der Waals surface area contributed by atoms with Gasteiger partial charge in [-0.15, -0.1) is 0 Å². The van der Waals surface area contributed by atoms with Crippen LogP contribution in [0.1, 0.15) is 114 Å². The van der Waals surface area contributed by atoms with Gasteiger partial charge in [0.2, 0.25) is 17.3 Å². The van der Waals surface area contributed by atoms with Crippen LogP contribution in [0.15, 0.2) is 291 Å². The first-order valence-corrected chi connectivity index (χ1v) is 39.2. The number of carboxylic acids is 2. The molecule has 0 spiro atoms. The molecular formula is C97H99IN6O7+2. The van der Waals surface area contributed by atoms with E-state index >= 15 is 0 Å². The Morgan fingerprint density at radius 3 is 1.32 bits per heavy atom. The molecule has 0 aromatic heterocycles. The largest absolute Gasteiger partial charge is 0.481 e. The fraction of sp³-hybridized carbons (Fsp3) is 0.237. The van der Waals surface area contributed by atoms with E-state index in [1.807, 2.05) is 78.9 Å². The second kappa shape index (κ2) is 34.7. The number of carbonyl (C=O) groups excluding carboxylic acids is 2. The number of allylic oxidation sites excluding steroid dienone is 16. The lowest BCUT2D eigenvalue weighted by Gasteiger charge is -2.27. The molecule has 0 bridgehead atoms. The summed E-state index contributed by atoms with van der Waals surface area (Å²) in [5.74, 6) is -1.59. The number of rotatable bonds is 24. The highest BCUT2D eigenvalue weighted by atomic mass is 127. The zero-order valence-corrected chi connectivity index (χ0v) is 67.0. The Balaban J connectivity index is 0.000000187. The number of carboxylic acid groups (broad SMARTS) is 2. The Hall–Kier alpha value is -11.3. The van der Waals surface area contributed by atoms with E-state index in [1.165, 1.54) is 80.0 Å². The summed E-state index contributed by atoms with van der Waals surface area (Å²) < 4.78 is 10.7. The smallest absolute Gasteiger partial charge is 0.309 e. The number of benzene rings is 10. The van der Waals surface area contributed by atoms with Crippen molar-refractivity contribution in [1.82, 2.24) is 5.32 Å². The summed E-state index contributed by atoms with van der Waals surface area (Å²) in [6.45, 7) is 23.9. The van der Waals surface area contributed by atoms with Crippen LogP contribution in [-0.2, 0) is 58.7 Å². The molecule has 4 aliphatic heterocycles. The number of fused-ring (bicyclic) bond motifs is 12. The Labute approximate surface area is 666 Å². The third-order valence-electron chi connectivity index (χ3n) is 21.8. The van der Waals surface area contributed by atoms with E-state index in [0.717, 1.165) is 51.1 Å². The summed E-state index contributed by atoms with van der Waals surface area (Å²) in [5, 5.41) is 31.8. The maximum atomic E-state index is 13.1. The van der Waals surface area contributed by atoms with Gasteiger partial charge >= 0.3 is 11.9 Å². The zero-order valence-electron chi connectivity index (χ0n) is 64.9. The minimum absolute atomic E-state index is 0.0271. The number of amides is 1. The number of anilines is 2. The normalized spacial score (nSPS) is 16.5. The number of nitrogens with zero attached hydrogens (tertiary/aromatic N) is 4. The first kappa shape index (κ1) is 79.2. The monoisotopic (exact) mass is 1590 g/mol. The Morgan fingerprint density at radius 1 is 0.468 bits per heavy atom. The summed E-state index contributed by atoms with van der Waals surface area (Å²) >= 11 is 2.27. The van der Waals surface area contributed by atoms with Crippen molar-refractivity contribution >= 4 is 124 Å². The summed E-state index contributed by atoms with van der Waals surface area (Å²) in [7, 11) is 0. The number of nitrogens with one attached hydrogen (secondary N) is 1. The molecule has 10 aromatic rings. The van der Waals surface area contributed by atoms with E-state index in [-0.39, 0.29) is 40.4 Å². The number of aliphatic carboxylic acids is 2. The lowest BCUT2D eigenvalue weighted by molar-refractivity contribution is -0.436. The predicted octanol–water partition coefficient (Wildman–Crippen LogP) is 20.3. The number of carbonyl (C=O) groups is 4. The highest BCUT2D eigenvalue weighted by molar-refractivity contribution is 14.1. The lowest BCUT2D eigenvalue weighted by atomic mass is 9.79. The van der Waals surface area contributed by atoms with Crippen molar-refractivity contribution in [2.24, 2.45) is 5.73 Å². The highest BCUT2D eigenvalue weighted by Crippen LogP contribution is 2.53. The number of halogens is 1. The second-order valence-corrected chi connectivity index (χ2v) is 31.8. The topological polar surface area (TPSA) is 169 Å². The van der Waals surface area contributed by atoms with Crippen LogP contribution in [0.3, 0.4) is 0 Å². The molecule has 10 aromatic carbocycles. The summed E-state index contributed by atoms with van der Waals surface area (Å²) in [5.41, 5.74) is 21.6. The fourth-order valence-corrected chi connectivity index (χ4v) is 17.3. The molecule has 0 fully saturated rings. The Morgan fingerprint density at radius 2 is 0.883 bits per heavy atom. The first-order chi connectivity index (χ1) is 53.4. The van der Waals surface area contributed by atoms with Crippen molar-refractivity contribution in [1.29, 1.82) is 0 Å². The van der Waals surface area contributed by atoms with E-state index in [4.69, 9.17) is 10.5 Å². The number of hydrogen-bond acceptors (Lipinski definition) is 8. The van der Waals surface area contributed by atoms with Gasteiger partial charge in [-0.3, -0.25) is 19.2 Å². The quantitative estimate of drug-likeness (QED) is 0.0150. The molecule has 564 valence electrons. The van der Waals surface area contributed by atoms with Gasteiger partial charge in [0.15, 0.2) is 24.5 Å². The van der Waals surface area contributed by atoms with Crippen molar-refractivity contribution in [3.05, 3.63) is 333 Å². The molecule has 4 heterocycles. The van der Waals surface area contributed by atoms with E-state index < -0.39 is 11.9 Å². The molecule has 111 heavy (non-hydrogen) atoms. The van der Waals surface area contributed by atoms with E-state index in [9.17, 15) is 29.4 Å². The Kier molecular flexibility index (Phi) is 24.8. The lowest BCUT2D eigenvalue weighted by Crippen LogP contribution is -2.31. The third-order valence-corrected chi connectivity index (χ3v) is 22.5. The highest BCUT2D eigenvalue weighted by Gasteiger charge is 2.48. The van der Waals surface area contributed by atoms with Crippen LogP contribution < -0.4 is 20.9 Å². The SMILES string of the molecule is CC1(C)C(/C=C/C=C/C=C/C=C2/N(CCOC=O)c3ccc4ccccc4c3C2(C)C)=[N+](CCC(=O)O)c2ccc3ccccc3c21.Cc1cccc(CNC(=O)CCN2/C(=C/C=C/C=C/C=C/C3=[N+](CCC(=O)O)c4ccc5ccccc5c4C3(C)C)C(C)(C)c3c2ccc2ccccc32)c1.NCc1cccc(I)c1. The van der Waals surface area contributed by atoms with Gasteiger partial charge in [-0.1, -0.05) is 240 Å². The summed E-state index contributed by atoms with van der Waals surface area (Å²) in [6, 6.07) is 67.4. The van der Waals surface area contributed by atoms with Crippen LogP contribution in [0.25, 0.3) is 43.1 Å². The summed E-state index contributed by atoms with van der Waals surface area (Å²) in [4.78, 5) is 51.8. The number of hydrogen-bond donors (Lipinski definition) is 4. The standard InChI is InChI=1S/C49H49N3O3.C41H40N2O4.C7H8IN/c1-34-16-15-17-35(32-34)33-50-44(53)28-30-51-40-26-24-36-18-11-13-20-38(36)46(40)48(2,3)42(51)22-9-7-6-8-10-23-43-49(4,5)47-39-21-14-12-19-37(39)25-27-41(47)52(43)31-29-45(54)55;1-40(2)35(42(25-24-37(45)46)33-22-20-29-14-10-12-16-31(29)38(33)40)18-8-6-5-7-9-19-36-41(3,4)39-32-17-13-11-15-30(32)21-23-34(39)43(36)26-27-47-28-44;8-7-3-1-2-6(4-7)5-9/h6-27,32H,28-31,33H2,1-5H3,(H-,50,53,54,55);5-23,28H,24-27H2,1-4H3;1-4H,5,9H2/p+2. The van der Waals surface area contributed by atoms with Crippen molar-refractivity contribution in [3.63, 3.8) is 0 Å².